The van der Waals surface area contributed by atoms with E-state index in [2.05, 4.69) is 18.6 Å². The molecule has 0 saturated carbocycles. The third-order valence-corrected chi connectivity index (χ3v) is 6.34. The van der Waals surface area contributed by atoms with Crippen molar-refractivity contribution in [1.82, 2.24) is 4.90 Å². The Kier molecular flexibility index (Phi) is 5.85. The highest BCUT2D eigenvalue weighted by molar-refractivity contribution is 7.92. The van der Waals surface area contributed by atoms with Gasteiger partial charge in [-0.3, -0.25) is 9.52 Å². The maximum atomic E-state index is 12.9. The molecule has 0 bridgehead atoms. The number of benzene rings is 2. The zero-order valence-electron chi connectivity index (χ0n) is 15.8. The van der Waals surface area contributed by atoms with E-state index in [4.69, 9.17) is 0 Å². The molecule has 0 aliphatic carbocycles. The van der Waals surface area contributed by atoms with Crippen LogP contribution < -0.4 is 4.72 Å². The molecule has 2 unspecified atom stereocenters. The van der Waals surface area contributed by atoms with Crippen molar-refractivity contribution in [3.8, 4) is 0 Å². The van der Waals surface area contributed by atoms with Gasteiger partial charge in [0.15, 0.2) is 0 Å². The summed E-state index contributed by atoms with van der Waals surface area (Å²) in [5, 5.41) is 0. The van der Waals surface area contributed by atoms with Crippen LogP contribution >= 0.6 is 0 Å². The summed E-state index contributed by atoms with van der Waals surface area (Å²) in [6.45, 7) is 5.10. The Morgan fingerprint density at radius 1 is 1.11 bits per heavy atom. The highest BCUT2D eigenvalue weighted by Crippen LogP contribution is 2.28. The molecule has 1 fully saturated rings. The summed E-state index contributed by atoms with van der Waals surface area (Å²) in [6.07, 6.45) is 3.13. The number of carbonyl (C=O) groups excluding carboxylic acids is 1. The fourth-order valence-corrected chi connectivity index (χ4v) is 4.75. The van der Waals surface area contributed by atoms with Gasteiger partial charge in [0.25, 0.3) is 15.9 Å². The third kappa shape index (κ3) is 4.50. The van der Waals surface area contributed by atoms with Gasteiger partial charge in [-0.25, -0.2) is 8.42 Å². The number of hydrogen-bond donors (Lipinski definition) is 1. The van der Waals surface area contributed by atoms with Crippen molar-refractivity contribution in [3.63, 3.8) is 0 Å². The van der Waals surface area contributed by atoms with Crippen LogP contribution in [0.3, 0.4) is 0 Å². The minimum absolute atomic E-state index is 0.0234. The Labute approximate surface area is 161 Å². The lowest BCUT2D eigenvalue weighted by Crippen LogP contribution is -2.35. The van der Waals surface area contributed by atoms with Crippen LogP contribution in [0.1, 0.15) is 43.5 Å². The number of amides is 1. The molecule has 2 aromatic carbocycles. The molecule has 0 aromatic heterocycles. The van der Waals surface area contributed by atoms with Crippen LogP contribution in [-0.2, 0) is 10.0 Å². The van der Waals surface area contributed by atoms with Gasteiger partial charge >= 0.3 is 0 Å². The average Bonchev–Trinajstić information content (AvgIpc) is 3.03. The van der Waals surface area contributed by atoms with Gasteiger partial charge in [0.2, 0.25) is 0 Å². The SMILES string of the molecule is CCCC1CC(C)CN1C(=O)c1ccc(NS(=O)(=O)c2ccccc2)cc1. The molecule has 2 atom stereocenters. The van der Waals surface area contributed by atoms with Crippen LogP contribution in [0.5, 0.6) is 0 Å². The summed E-state index contributed by atoms with van der Waals surface area (Å²) in [5.74, 6) is 0.540. The number of likely N-dealkylation sites (tertiary alicyclic amines) is 1. The van der Waals surface area contributed by atoms with Gasteiger partial charge in [0.05, 0.1) is 4.90 Å². The highest BCUT2D eigenvalue weighted by Gasteiger charge is 2.32. The summed E-state index contributed by atoms with van der Waals surface area (Å²) < 4.78 is 27.3. The Hall–Kier alpha value is -2.34. The van der Waals surface area contributed by atoms with Crippen molar-refractivity contribution in [2.75, 3.05) is 11.3 Å². The maximum Gasteiger partial charge on any atom is 0.261 e. The Bertz CT molecular complexity index is 879. The van der Waals surface area contributed by atoms with Gasteiger partial charge in [-0.1, -0.05) is 38.5 Å². The van der Waals surface area contributed by atoms with E-state index in [1.807, 2.05) is 4.90 Å². The van der Waals surface area contributed by atoms with E-state index in [9.17, 15) is 13.2 Å². The molecule has 1 aliphatic heterocycles. The van der Waals surface area contributed by atoms with Crippen LogP contribution in [0.25, 0.3) is 0 Å². The predicted molar refractivity (Wildman–Crippen MR) is 107 cm³/mol. The lowest BCUT2D eigenvalue weighted by molar-refractivity contribution is 0.0727. The van der Waals surface area contributed by atoms with Crippen LogP contribution in [0.15, 0.2) is 59.5 Å². The molecular formula is C21H26N2O3S. The first kappa shape index (κ1) is 19.4. The molecular weight excluding hydrogens is 360 g/mol. The molecule has 27 heavy (non-hydrogen) atoms. The van der Waals surface area contributed by atoms with Gasteiger partial charge in [0.1, 0.15) is 0 Å². The average molecular weight is 387 g/mol. The van der Waals surface area contributed by atoms with Crippen LogP contribution in [0, 0.1) is 5.92 Å². The topological polar surface area (TPSA) is 66.5 Å². The number of rotatable bonds is 6. The zero-order valence-corrected chi connectivity index (χ0v) is 16.6. The second-order valence-corrected chi connectivity index (χ2v) is 8.92. The molecule has 1 heterocycles. The van der Waals surface area contributed by atoms with E-state index in [0.717, 1.165) is 25.8 Å². The predicted octanol–water partition coefficient (Wildman–Crippen LogP) is 4.14. The van der Waals surface area contributed by atoms with E-state index in [-0.39, 0.29) is 10.8 Å². The van der Waals surface area contributed by atoms with E-state index in [1.54, 1.807) is 54.6 Å². The molecule has 144 valence electrons. The van der Waals surface area contributed by atoms with Crippen LogP contribution in [-0.4, -0.2) is 31.8 Å². The summed E-state index contributed by atoms with van der Waals surface area (Å²) in [4.78, 5) is 15.1. The Morgan fingerprint density at radius 3 is 2.41 bits per heavy atom. The first-order valence-electron chi connectivity index (χ1n) is 9.39. The van der Waals surface area contributed by atoms with Crippen molar-refractivity contribution >= 4 is 21.6 Å². The molecule has 2 aromatic rings. The summed E-state index contributed by atoms with van der Waals surface area (Å²) in [7, 11) is -3.63. The van der Waals surface area contributed by atoms with Crippen molar-refractivity contribution < 1.29 is 13.2 Å². The summed E-state index contributed by atoms with van der Waals surface area (Å²) in [5.41, 5.74) is 1.03. The molecule has 5 nitrogen and oxygen atoms in total. The zero-order chi connectivity index (χ0) is 19.4. The number of sulfonamides is 1. The fraction of sp³-hybridized carbons (Fsp3) is 0.381. The van der Waals surface area contributed by atoms with E-state index >= 15 is 0 Å². The molecule has 1 N–H and O–H groups in total. The van der Waals surface area contributed by atoms with Crippen molar-refractivity contribution in [1.29, 1.82) is 0 Å². The number of nitrogens with one attached hydrogen (secondary N) is 1. The molecule has 1 saturated heterocycles. The number of carbonyl (C=O) groups is 1. The largest absolute Gasteiger partial charge is 0.335 e. The van der Waals surface area contributed by atoms with Crippen molar-refractivity contribution in [2.45, 2.75) is 44.0 Å². The van der Waals surface area contributed by atoms with E-state index in [0.29, 0.717) is 23.2 Å². The van der Waals surface area contributed by atoms with Crippen molar-refractivity contribution in [2.24, 2.45) is 5.92 Å². The minimum Gasteiger partial charge on any atom is -0.335 e. The van der Waals surface area contributed by atoms with Crippen LogP contribution in [0.4, 0.5) is 5.69 Å². The van der Waals surface area contributed by atoms with Gasteiger partial charge in [-0.2, -0.15) is 0 Å². The van der Waals surface area contributed by atoms with Crippen molar-refractivity contribution in [3.05, 3.63) is 60.2 Å². The Morgan fingerprint density at radius 2 is 1.78 bits per heavy atom. The molecule has 0 spiro atoms. The second kappa shape index (κ2) is 8.13. The molecule has 0 radical (unpaired) electrons. The number of anilines is 1. The quantitative estimate of drug-likeness (QED) is 0.811. The van der Waals surface area contributed by atoms with Gasteiger partial charge in [0, 0.05) is 23.8 Å². The minimum atomic E-state index is -3.63. The lowest BCUT2D eigenvalue weighted by atomic mass is 10.0. The van der Waals surface area contributed by atoms with Gasteiger partial charge < -0.3 is 4.90 Å². The maximum absolute atomic E-state index is 12.9. The highest BCUT2D eigenvalue weighted by atomic mass is 32.2. The monoisotopic (exact) mass is 386 g/mol. The summed E-state index contributed by atoms with van der Waals surface area (Å²) in [6, 6.07) is 15.2. The van der Waals surface area contributed by atoms with E-state index in [1.165, 1.54) is 0 Å². The fourth-order valence-electron chi connectivity index (χ4n) is 3.67. The smallest absolute Gasteiger partial charge is 0.261 e. The number of hydrogen-bond acceptors (Lipinski definition) is 3. The lowest BCUT2D eigenvalue weighted by Gasteiger charge is -2.24. The second-order valence-electron chi connectivity index (χ2n) is 7.24. The van der Waals surface area contributed by atoms with Gasteiger partial charge in [-0.05, 0) is 55.2 Å². The van der Waals surface area contributed by atoms with Crippen LogP contribution in [0.2, 0.25) is 0 Å². The number of nitrogens with zero attached hydrogens (tertiary/aromatic N) is 1. The molecule has 6 heteroatoms. The molecule has 3 rings (SSSR count). The molecule has 1 aliphatic rings. The first-order chi connectivity index (χ1) is 12.9. The van der Waals surface area contributed by atoms with Gasteiger partial charge in [-0.15, -0.1) is 0 Å². The first-order valence-corrected chi connectivity index (χ1v) is 10.9. The molecule has 1 amide bonds. The Balaban J connectivity index is 1.73. The van der Waals surface area contributed by atoms with E-state index < -0.39 is 10.0 Å². The normalized spacial score (nSPS) is 19.9. The standard InChI is InChI=1S/C21H26N2O3S/c1-3-7-19-14-16(2)15-23(19)21(24)17-10-12-18(13-11-17)22-27(25,26)20-8-5-4-6-9-20/h4-6,8-13,16,19,22H,3,7,14-15H2,1-2H3. The third-order valence-electron chi connectivity index (χ3n) is 4.94. The summed E-state index contributed by atoms with van der Waals surface area (Å²) >= 11 is 0.